The normalized spacial score (nSPS) is 13.0. The largest absolute Gasteiger partial charge is 0.418 e. The lowest BCUT2D eigenvalue weighted by atomic mass is 10.1. The number of hydrogen-bond acceptors (Lipinski definition) is 1. The zero-order valence-electron chi connectivity index (χ0n) is 8.67. The quantitative estimate of drug-likeness (QED) is 0.553. The Morgan fingerprint density at radius 2 is 1.64 bits per heavy atom. The highest BCUT2D eigenvalue weighted by Crippen LogP contribution is 2.22. The first-order chi connectivity index (χ1) is 6.52. The fraction of sp³-hybridized carbons (Fsp3) is 0.400. The zero-order valence-corrected chi connectivity index (χ0v) is 9.82. The van der Waals surface area contributed by atoms with Gasteiger partial charge in [-0.3, -0.25) is 8.22 Å². The van der Waals surface area contributed by atoms with Crippen LogP contribution in [-0.2, 0) is 0 Å². The predicted octanol–water partition coefficient (Wildman–Crippen LogP) is 2.55. The Morgan fingerprint density at radius 1 is 1.14 bits per heavy atom. The standard InChI is InChI=1S/C10H15F2NSi/c1-8(14(11)12)9-4-6-10(7-5-9)13(2)3/h4-8,14H,1-3H3. The van der Waals surface area contributed by atoms with E-state index in [1.165, 1.54) is 0 Å². The fourth-order valence-electron chi connectivity index (χ4n) is 1.22. The van der Waals surface area contributed by atoms with Crippen LogP contribution in [0.15, 0.2) is 24.3 Å². The second-order valence-corrected chi connectivity index (χ2v) is 5.28. The summed E-state index contributed by atoms with van der Waals surface area (Å²) in [5, 5.41) is 0. The van der Waals surface area contributed by atoms with Gasteiger partial charge in [-0.15, -0.1) is 0 Å². The van der Waals surface area contributed by atoms with Crippen LogP contribution in [-0.4, -0.2) is 23.6 Å². The van der Waals surface area contributed by atoms with Crippen molar-refractivity contribution in [3.8, 4) is 0 Å². The number of anilines is 1. The minimum absolute atomic E-state index is 0.550. The van der Waals surface area contributed by atoms with Gasteiger partial charge in [0.1, 0.15) is 0 Å². The maximum atomic E-state index is 12.5. The van der Waals surface area contributed by atoms with Crippen molar-refractivity contribution in [2.45, 2.75) is 12.5 Å². The summed E-state index contributed by atoms with van der Waals surface area (Å²) in [5.74, 6) is 0. The first kappa shape index (κ1) is 11.2. The SMILES string of the molecule is CC(c1ccc(N(C)C)cc1)[SiH](F)F. The van der Waals surface area contributed by atoms with Crippen LogP contribution in [0.25, 0.3) is 0 Å². The molecule has 1 aromatic carbocycles. The maximum absolute atomic E-state index is 12.5. The molecule has 78 valence electrons. The highest BCUT2D eigenvalue weighted by atomic mass is 28.4. The Morgan fingerprint density at radius 3 is 2.00 bits per heavy atom. The molecule has 1 atom stereocenters. The molecule has 0 heterocycles. The Balaban J connectivity index is 2.83. The van der Waals surface area contributed by atoms with Crippen molar-refractivity contribution in [3.05, 3.63) is 29.8 Å². The number of hydrogen-bond donors (Lipinski definition) is 0. The van der Waals surface area contributed by atoms with Gasteiger partial charge in [-0.25, -0.2) is 0 Å². The summed E-state index contributed by atoms with van der Waals surface area (Å²) < 4.78 is 25.0. The molecule has 1 nitrogen and oxygen atoms in total. The fourth-order valence-corrected chi connectivity index (χ4v) is 1.73. The first-order valence-corrected chi connectivity index (χ1v) is 6.11. The van der Waals surface area contributed by atoms with E-state index in [0.717, 1.165) is 11.3 Å². The van der Waals surface area contributed by atoms with Crippen molar-refractivity contribution in [1.29, 1.82) is 0 Å². The molecule has 1 unspecified atom stereocenters. The maximum Gasteiger partial charge on any atom is 0.418 e. The molecule has 1 aromatic rings. The minimum Gasteiger partial charge on any atom is -0.378 e. The lowest BCUT2D eigenvalue weighted by molar-refractivity contribution is 0.625. The molecule has 0 saturated heterocycles. The molecule has 0 aliphatic heterocycles. The molecule has 0 spiro atoms. The van der Waals surface area contributed by atoms with Gasteiger partial charge in [0.15, 0.2) is 0 Å². The van der Waals surface area contributed by atoms with Crippen LogP contribution in [0.4, 0.5) is 13.9 Å². The molecule has 0 aliphatic carbocycles. The van der Waals surface area contributed by atoms with Crippen LogP contribution in [0.2, 0.25) is 0 Å². The summed E-state index contributed by atoms with van der Waals surface area (Å²) in [6.07, 6.45) is 0. The van der Waals surface area contributed by atoms with E-state index in [1.54, 1.807) is 19.1 Å². The van der Waals surface area contributed by atoms with Gasteiger partial charge in [0, 0.05) is 25.3 Å². The van der Waals surface area contributed by atoms with Gasteiger partial charge in [0.2, 0.25) is 0 Å². The second kappa shape index (κ2) is 4.55. The van der Waals surface area contributed by atoms with Gasteiger partial charge in [0.05, 0.1) is 0 Å². The molecule has 0 amide bonds. The van der Waals surface area contributed by atoms with E-state index in [4.69, 9.17) is 0 Å². The van der Waals surface area contributed by atoms with E-state index in [0.29, 0.717) is 0 Å². The molecule has 0 aromatic heterocycles. The zero-order chi connectivity index (χ0) is 10.7. The molecular weight excluding hydrogens is 200 g/mol. The summed E-state index contributed by atoms with van der Waals surface area (Å²) >= 11 is 0. The van der Waals surface area contributed by atoms with Crippen LogP contribution >= 0.6 is 0 Å². The first-order valence-electron chi connectivity index (χ1n) is 4.58. The van der Waals surface area contributed by atoms with E-state index in [2.05, 4.69) is 0 Å². The monoisotopic (exact) mass is 215 g/mol. The smallest absolute Gasteiger partial charge is 0.378 e. The van der Waals surface area contributed by atoms with Crippen molar-refractivity contribution >= 4 is 15.2 Å². The third-order valence-electron chi connectivity index (χ3n) is 2.31. The van der Waals surface area contributed by atoms with Crippen LogP contribution in [0, 0.1) is 0 Å². The summed E-state index contributed by atoms with van der Waals surface area (Å²) in [7, 11) is 0.317. The molecule has 0 saturated carbocycles. The highest BCUT2D eigenvalue weighted by molar-refractivity contribution is 6.44. The van der Waals surface area contributed by atoms with Gasteiger partial charge < -0.3 is 4.90 Å². The van der Waals surface area contributed by atoms with Crippen LogP contribution < -0.4 is 4.90 Å². The van der Waals surface area contributed by atoms with Crippen LogP contribution in [0.3, 0.4) is 0 Å². The third kappa shape index (κ3) is 2.54. The van der Waals surface area contributed by atoms with Gasteiger partial charge in [-0.05, 0) is 17.7 Å². The Bertz CT molecular complexity index is 285. The second-order valence-electron chi connectivity index (χ2n) is 3.61. The highest BCUT2D eigenvalue weighted by Gasteiger charge is 2.20. The minimum atomic E-state index is -3.55. The Labute approximate surface area is 85.3 Å². The molecule has 0 aliphatic rings. The van der Waals surface area contributed by atoms with Crippen molar-refractivity contribution in [1.82, 2.24) is 0 Å². The number of benzene rings is 1. The third-order valence-corrected chi connectivity index (χ3v) is 3.45. The van der Waals surface area contributed by atoms with Crippen molar-refractivity contribution < 1.29 is 8.22 Å². The number of rotatable bonds is 3. The summed E-state index contributed by atoms with van der Waals surface area (Å²) in [6.45, 7) is 1.60. The van der Waals surface area contributed by atoms with Crippen molar-refractivity contribution in [3.63, 3.8) is 0 Å². The molecule has 1 rings (SSSR count). The summed E-state index contributed by atoms with van der Waals surface area (Å²) in [6, 6.07) is 7.34. The van der Waals surface area contributed by atoms with E-state index in [1.807, 2.05) is 31.1 Å². The molecule has 0 radical (unpaired) electrons. The van der Waals surface area contributed by atoms with Gasteiger partial charge >= 0.3 is 9.46 Å². The van der Waals surface area contributed by atoms with Crippen LogP contribution in [0.1, 0.15) is 18.0 Å². The molecule has 0 N–H and O–H groups in total. The van der Waals surface area contributed by atoms with Gasteiger partial charge in [0.25, 0.3) is 0 Å². The lowest BCUT2D eigenvalue weighted by Gasteiger charge is -2.14. The predicted molar refractivity (Wildman–Crippen MR) is 58.5 cm³/mol. The van der Waals surface area contributed by atoms with E-state index in [9.17, 15) is 8.22 Å². The number of nitrogens with zero attached hydrogens (tertiary/aromatic N) is 1. The average molecular weight is 215 g/mol. The molecule has 0 fully saturated rings. The summed E-state index contributed by atoms with van der Waals surface area (Å²) in [5.41, 5.74) is 1.24. The van der Waals surface area contributed by atoms with E-state index < -0.39 is 15.0 Å². The Kier molecular flexibility index (Phi) is 3.63. The van der Waals surface area contributed by atoms with Crippen molar-refractivity contribution in [2.24, 2.45) is 0 Å². The topological polar surface area (TPSA) is 3.24 Å². The molecular formula is C10H15F2NSi. The molecule has 4 heteroatoms. The molecule has 0 bridgehead atoms. The van der Waals surface area contributed by atoms with E-state index >= 15 is 0 Å². The molecule has 14 heavy (non-hydrogen) atoms. The van der Waals surface area contributed by atoms with Gasteiger partial charge in [-0.2, -0.15) is 0 Å². The average Bonchev–Trinajstić information content (AvgIpc) is 2.16. The number of halogens is 2. The van der Waals surface area contributed by atoms with E-state index in [-0.39, 0.29) is 0 Å². The Hall–Kier alpha value is -0.903. The van der Waals surface area contributed by atoms with Crippen LogP contribution in [0.5, 0.6) is 0 Å². The summed E-state index contributed by atoms with van der Waals surface area (Å²) in [4.78, 5) is 1.95. The lowest BCUT2D eigenvalue weighted by Crippen LogP contribution is -2.11. The van der Waals surface area contributed by atoms with Crippen molar-refractivity contribution in [2.75, 3.05) is 19.0 Å². The van der Waals surface area contributed by atoms with Gasteiger partial charge in [-0.1, -0.05) is 19.1 Å².